The fraction of sp³-hybridized carbons (Fsp3) is 0.500. The van der Waals surface area contributed by atoms with Crippen molar-refractivity contribution in [1.29, 1.82) is 0 Å². The lowest BCUT2D eigenvalue weighted by molar-refractivity contribution is -0.137. The number of carboxylic acid groups (broad SMARTS) is 1. The van der Waals surface area contributed by atoms with Gasteiger partial charge in [0.05, 0.1) is 12.2 Å². The number of rotatable bonds is 6. The highest BCUT2D eigenvalue weighted by atomic mass is 16.4. The lowest BCUT2D eigenvalue weighted by Gasteiger charge is -2.26. The van der Waals surface area contributed by atoms with Crippen molar-refractivity contribution in [3.05, 3.63) is 30.1 Å². The summed E-state index contributed by atoms with van der Waals surface area (Å²) in [5, 5.41) is 8.91. The van der Waals surface area contributed by atoms with Crippen LogP contribution >= 0.6 is 0 Å². The molecule has 2 rings (SSSR count). The van der Waals surface area contributed by atoms with Crippen molar-refractivity contribution in [2.45, 2.75) is 19.4 Å². The Morgan fingerprint density at radius 3 is 2.70 bits per heavy atom. The lowest BCUT2D eigenvalue weighted by atomic mass is 10.3. The van der Waals surface area contributed by atoms with Crippen LogP contribution in [0.2, 0.25) is 0 Å². The molecule has 0 atom stereocenters. The molecule has 0 aromatic carbocycles. The summed E-state index contributed by atoms with van der Waals surface area (Å²) in [6.45, 7) is 0.653. The van der Waals surface area contributed by atoms with E-state index < -0.39 is 5.97 Å². The number of pyridine rings is 1. The summed E-state index contributed by atoms with van der Waals surface area (Å²) in [5.41, 5.74) is 0.782. The normalized spacial score (nSPS) is 13.8. The molecule has 108 valence electrons. The third-order valence-corrected chi connectivity index (χ3v) is 3.22. The summed E-state index contributed by atoms with van der Waals surface area (Å²) in [7, 11) is 1.67. The van der Waals surface area contributed by atoms with Gasteiger partial charge in [0.2, 0.25) is 0 Å². The average molecular weight is 277 g/mol. The van der Waals surface area contributed by atoms with Crippen molar-refractivity contribution in [2.75, 3.05) is 20.1 Å². The smallest absolute Gasteiger partial charge is 0.323 e. The molecule has 1 aliphatic rings. The van der Waals surface area contributed by atoms with Crippen molar-refractivity contribution in [3.63, 3.8) is 0 Å². The topological polar surface area (TPSA) is 73.7 Å². The number of aromatic nitrogens is 1. The molecule has 1 heterocycles. The van der Waals surface area contributed by atoms with Gasteiger partial charge in [-0.2, -0.15) is 0 Å². The van der Waals surface area contributed by atoms with Gasteiger partial charge in [0.25, 0.3) is 0 Å². The van der Waals surface area contributed by atoms with Gasteiger partial charge in [-0.25, -0.2) is 4.79 Å². The molecule has 6 heteroatoms. The van der Waals surface area contributed by atoms with E-state index >= 15 is 0 Å². The Hall–Kier alpha value is -2.11. The summed E-state index contributed by atoms with van der Waals surface area (Å²) < 4.78 is 0. The monoisotopic (exact) mass is 277 g/mol. The molecule has 1 aliphatic carbocycles. The van der Waals surface area contributed by atoms with Crippen LogP contribution in [-0.2, 0) is 11.3 Å². The van der Waals surface area contributed by atoms with E-state index in [1.807, 2.05) is 18.2 Å². The van der Waals surface area contributed by atoms with Crippen molar-refractivity contribution >= 4 is 12.0 Å². The summed E-state index contributed by atoms with van der Waals surface area (Å²) in [6, 6.07) is 5.26. The first-order chi connectivity index (χ1) is 9.56. The minimum atomic E-state index is -0.981. The molecule has 0 unspecified atom stereocenters. The highest BCUT2D eigenvalue weighted by molar-refractivity contribution is 5.80. The first kappa shape index (κ1) is 14.3. The van der Waals surface area contributed by atoms with Crippen LogP contribution in [0.1, 0.15) is 18.5 Å². The molecular weight excluding hydrogens is 258 g/mol. The Morgan fingerprint density at radius 1 is 1.40 bits per heavy atom. The average Bonchev–Trinajstić information content (AvgIpc) is 3.21. The van der Waals surface area contributed by atoms with Crippen LogP contribution in [0, 0.1) is 5.92 Å². The number of amides is 2. The summed E-state index contributed by atoms with van der Waals surface area (Å²) in [5.74, 6) is -0.521. The second-order valence-corrected chi connectivity index (χ2v) is 5.18. The molecule has 0 saturated heterocycles. The van der Waals surface area contributed by atoms with Gasteiger partial charge in [-0.1, -0.05) is 6.07 Å². The van der Waals surface area contributed by atoms with Crippen molar-refractivity contribution in [2.24, 2.45) is 5.92 Å². The van der Waals surface area contributed by atoms with Gasteiger partial charge in [-0.05, 0) is 30.9 Å². The minimum absolute atomic E-state index is 0.248. The predicted octanol–water partition coefficient (Wildman–Crippen LogP) is 1.43. The zero-order valence-electron chi connectivity index (χ0n) is 11.5. The SMILES string of the molecule is CN(Cc1ccccn1)C(=O)N(CC(=O)O)CC1CC1. The Labute approximate surface area is 118 Å². The van der Waals surface area contributed by atoms with E-state index in [0.29, 0.717) is 19.0 Å². The maximum atomic E-state index is 12.3. The summed E-state index contributed by atoms with van der Waals surface area (Å²) in [6.07, 6.45) is 3.83. The van der Waals surface area contributed by atoms with E-state index in [0.717, 1.165) is 18.5 Å². The van der Waals surface area contributed by atoms with Crippen LogP contribution < -0.4 is 0 Å². The second kappa shape index (κ2) is 6.36. The van der Waals surface area contributed by atoms with Gasteiger partial charge in [0, 0.05) is 19.8 Å². The molecule has 20 heavy (non-hydrogen) atoms. The van der Waals surface area contributed by atoms with Crippen molar-refractivity contribution < 1.29 is 14.7 Å². The molecule has 2 amide bonds. The Bertz CT molecular complexity index is 474. The van der Waals surface area contributed by atoms with E-state index in [9.17, 15) is 9.59 Å². The summed E-state index contributed by atoms with van der Waals surface area (Å²) in [4.78, 5) is 30.3. The third-order valence-electron chi connectivity index (χ3n) is 3.22. The van der Waals surface area contributed by atoms with E-state index in [2.05, 4.69) is 4.98 Å². The Balaban J connectivity index is 1.96. The fourth-order valence-corrected chi connectivity index (χ4v) is 2.03. The molecule has 1 N–H and O–H groups in total. The molecular formula is C14H19N3O3. The number of carbonyl (C=O) groups is 2. The quantitative estimate of drug-likeness (QED) is 0.853. The van der Waals surface area contributed by atoms with Gasteiger partial charge in [-0.15, -0.1) is 0 Å². The van der Waals surface area contributed by atoms with E-state index in [4.69, 9.17) is 5.11 Å². The van der Waals surface area contributed by atoms with Crippen LogP contribution in [0.4, 0.5) is 4.79 Å². The first-order valence-corrected chi connectivity index (χ1v) is 6.68. The molecule has 0 bridgehead atoms. The van der Waals surface area contributed by atoms with E-state index in [1.54, 1.807) is 13.2 Å². The van der Waals surface area contributed by atoms with Crippen LogP contribution in [0.15, 0.2) is 24.4 Å². The van der Waals surface area contributed by atoms with Gasteiger partial charge >= 0.3 is 12.0 Å². The number of nitrogens with zero attached hydrogens (tertiary/aromatic N) is 3. The maximum absolute atomic E-state index is 12.3. The molecule has 6 nitrogen and oxygen atoms in total. The third kappa shape index (κ3) is 4.22. The molecule has 0 spiro atoms. The summed E-state index contributed by atoms with van der Waals surface area (Å²) >= 11 is 0. The van der Waals surface area contributed by atoms with E-state index in [1.165, 1.54) is 9.80 Å². The number of urea groups is 1. The van der Waals surface area contributed by atoms with Crippen LogP contribution in [0.25, 0.3) is 0 Å². The van der Waals surface area contributed by atoms with Crippen LogP contribution in [0.3, 0.4) is 0 Å². The molecule has 0 radical (unpaired) electrons. The van der Waals surface area contributed by atoms with E-state index in [-0.39, 0.29) is 12.6 Å². The number of hydrogen-bond acceptors (Lipinski definition) is 3. The van der Waals surface area contributed by atoms with Gasteiger partial charge in [0.15, 0.2) is 0 Å². The number of carboxylic acids is 1. The molecule has 1 fully saturated rings. The van der Waals surface area contributed by atoms with Gasteiger partial charge in [0.1, 0.15) is 6.54 Å². The van der Waals surface area contributed by atoms with Crippen LogP contribution in [-0.4, -0.2) is 52.0 Å². The number of hydrogen-bond donors (Lipinski definition) is 1. The fourth-order valence-electron chi connectivity index (χ4n) is 2.03. The number of carbonyl (C=O) groups excluding carboxylic acids is 1. The van der Waals surface area contributed by atoms with Gasteiger partial charge in [-0.3, -0.25) is 9.78 Å². The van der Waals surface area contributed by atoms with Crippen molar-refractivity contribution in [1.82, 2.24) is 14.8 Å². The molecule has 1 aromatic rings. The van der Waals surface area contributed by atoms with Gasteiger partial charge < -0.3 is 14.9 Å². The molecule has 1 saturated carbocycles. The number of aliphatic carboxylic acids is 1. The first-order valence-electron chi connectivity index (χ1n) is 6.68. The highest BCUT2D eigenvalue weighted by Gasteiger charge is 2.29. The zero-order valence-corrected chi connectivity index (χ0v) is 11.5. The second-order valence-electron chi connectivity index (χ2n) is 5.18. The standard InChI is InChI=1S/C14H19N3O3/c1-16(9-12-4-2-3-7-15-12)14(20)17(10-13(18)19)8-11-5-6-11/h2-4,7,11H,5-6,8-10H2,1H3,(H,18,19). The Kier molecular flexibility index (Phi) is 4.55. The lowest BCUT2D eigenvalue weighted by Crippen LogP contribution is -2.44. The molecule has 0 aliphatic heterocycles. The Morgan fingerprint density at radius 2 is 2.15 bits per heavy atom. The minimum Gasteiger partial charge on any atom is -0.480 e. The predicted molar refractivity (Wildman–Crippen MR) is 73.0 cm³/mol. The zero-order chi connectivity index (χ0) is 14.5. The maximum Gasteiger partial charge on any atom is 0.323 e. The van der Waals surface area contributed by atoms with Crippen molar-refractivity contribution in [3.8, 4) is 0 Å². The highest BCUT2D eigenvalue weighted by Crippen LogP contribution is 2.29. The van der Waals surface area contributed by atoms with Crippen LogP contribution in [0.5, 0.6) is 0 Å². The molecule has 1 aromatic heterocycles. The largest absolute Gasteiger partial charge is 0.480 e.